The number of anilines is 1. The summed E-state index contributed by atoms with van der Waals surface area (Å²) < 4.78 is 25.9. The molecule has 1 N–H and O–H groups in total. The molecule has 1 amide bonds. The molecule has 0 aliphatic heterocycles. The Morgan fingerprint density at radius 2 is 1.78 bits per heavy atom. The van der Waals surface area contributed by atoms with Crippen LogP contribution in [0.25, 0.3) is 0 Å². The van der Waals surface area contributed by atoms with Crippen molar-refractivity contribution < 1.29 is 13.2 Å². The maximum absolute atomic E-state index is 12.7. The van der Waals surface area contributed by atoms with Crippen LogP contribution in [-0.2, 0) is 21.2 Å². The SMILES string of the molecule is CC[C@H](C(=O)NCCc1ccccc1)N(c1ccc(Cl)c(Cl)c1)S(C)(=O)=O. The molecule has 0 saturated heterocycles. The van der Waals surface area contributed by atoms with Gasteiger partial charge < -0.3 is 5.32 Å². The molecule has 27 heavy (non-hydrogen) atoms. The molecular weight excluding hydrogens is 407 g/mol. The van der Waals surface area contributed by atoms with Gasteiger partial charge in [0.05, 0.1) is 22.0 Å². The summed E-state index contributed by atoms with van der Waals surface area (Å²) in [5, 5.41) is 3.36. The van der Waals surface area contributed by atoms with E-state index in [2.05, 4.69) is 5.32 Å². The molecule has 146 valence electrons. The number of hydrogen-bond acceptors (Lipinski definition) is 3. The minimum atomic E-state index is -3.71. The van der Waals surface area contributed by atoms with Crippen molar-refractivity contribution in [3.05, 3.63) is 64.1 Å². The van der Waals surface area contributed by atoms with Gasteiger partial charge in [-0.25, -0.2) is 8.42 Å². The van der Waals surface area contributed by atoms with E-state index in [1.165, 1.54) is 18.2 Å². The van der Waals surface area contributed by atoms with E-state index in [1.54, 1.807) is 6.92 Å². The van der Waals surface area contributed by atoms with Crippen molar-refractivity contribution in [2.24, 2.45) is 0 Å². The van der Waals surface area contributed by atoms with Crippen LogP contribution < -0.4 is 9.62 Å². The van der Waals surface area contributed by atoms with Gasteiger partial charge in [0, 0.05) is 6.54 Å². The first-order valence-electron chi connectivity index (χ1n) is 8.50. The second-order valence-electron chi connectivity index (χ2n) is 6.11. The van der Waals surface area contributed by atoms with Crippen LogP contribution in [0.1, 0.15) is 18.9 Å². The highest BCUT2D eigenvalue weighted by atomic mass is 35.5. The highest BCUT2D eigenvalue weighted by molar-refractivity contribution is 7.92. The number of rotatable bonds is 8. The number of sulfonamides is 1. The lowest BCUT2D eigenvalue weighted by atomic mass is 10.1. The predicted octanol–water partition coefficient (Wildman–Crippen LogP) is 3.90. The Balaban J connectivity index is 2.18. The Bertz CT molecular complexity index is 889. The standard InChI is InChI=1S/C19H22Cl2N2O3S/c1-3-18(19(24)22-12-11-14-7-5-4-6-8-14)23(27(2,25)26)15-9-10-16(20)17(21)13-15/h4-10,13,18H,3,11-12H2,1-2H3,(H,22,24)/t18-/m1/s1. The first-order chi connectivity index (χ1) is 12.7. The summed E-state index contributed by atoms with van der Waals surface area (Å²) in [6.45, 7) is 2.18. The number of halogens is 2. The quantitative estimate of drug-likeness (QED) is 0.692. The fraction of sp³-hybridized carbons (Fsp3) is 0.316. The van der Waals surface area contributed by atoms with Crippen molar-refractivity contribution in [1.82, 2.24) is 5.32 Å². The van der Waals surface area contributed by atoms with E-state index < -0.39 is 16.1 Å². The molecule has 2 aromatic rings. The summed E-state index contributed by atoms with van der Waals surface area (Å²) in [5.74, 6) is -0.357. The van der Waals surface area contributed by atoms with E-state index >= 15 is 0 Å². The second kappa shape index (κ2) is 9.44. The van der Waals surface area contributed by atoms with Crippen LogP contribution in [0.15, 0.2) is 48.5 Å². The first kappa shape index (κ1) is 21.5. The van der Waals surface area contributed by atoms with Gasteiger partial charge in [0.2, 0.25) is 15.9 Å². The molecule has 8 heteroatoms. The molecule has 0 aliphatic rings. The molecule has 0 heterocycles. The smallest absolute Gasteiger partial charge is 0.243 e. The Morgan fingerprint density at radius 1 is 1.11 bits per heavy atom. The number of nitrogens with one attached hydrogen (secondary N) is 1. The summed E-state index contributed by atoms with van der Waals surface area (Å²) in [6, 6.07) is 13.4. The predicted molar refractivity (Wildman–Crippen MR) is 111 cm³/mol. The van der Waals surface area contributed by atoms with Crippen LogP contribution in [0.4, 0.5) is 5.69 Å². The van der Waals surface area contributed by atoms with E-state index in [-0.39, 0.29) is 10.9 Å². The molecule has 5 nitrogen and oxygen atoms in total. The molecule has 0 radical (unpaired) electrons. The highest BCUT2D eigenvalue weighted by Gasteiger charge is 2.31. The molecule has 0 bridgehead atoms. The lowest BCUT2D eigenvalue weighted by molar-refractivity contribution is -0.122. The van der Waals surface area contributed by atoms with E-state index in [4.69, 9.17) is 23.2 Å². The fourth-order valence-corrected chi connectivity index (χ4v) is 4.27. The maximum Gasteiger partial charge on any atom is 0.243 e. The van der Waals surface area contributed by atoms with Crippen LogP contribution in [-0.4, -0.2) is 33.2 Å². The summed E-state index contributed by atoms with van der Waals surface area (Å²) in [5.41, 5.74) is 1.40. The van der Waals surface area contributed by atoms with Crippen molar-refractivity contribution in [3.63, 3.8) is 0 Å². The number of benzene rings is 2. The van der Waals surface area contributed by atoms with Gasteiger partial charge in [-0.2, -0.15) is 0 Å². The van der Waals surface area contributed by atoms with Crippen LogP contribution in [0.3, 0.4) is 0 Å². The third-order valence-electron chi connectivity index (χ3n) is 4.04. The van der Waals surface area contributed by atoms with Crippen molar-refractivity contribution in [1.29, 1.82) is 0 Å². The van der Waals surface area contributed by atoms with E-state index in [0.717, 1.165) is 16.1 Å². The van der Waals surface area contributed by atoms with Gasteiger partial charge in [0.15, 0.2) is 0 Å². The number of amides is 1. The number of hydrogen-bond donors (Lipinski definition) is 1. The molecule has 0 aromatic heterocycles. The molecule has 0 aliphatic carbocycles. The lowest BCUT2D eigenvalue weighted by Gasteiger charge is -2.30. The maximum atomic E-state index is 12.7. The van der Waals surface area contributed by atoms with Gasteiger partial charge in [0.25, 0.3) is 0 Å². The fourth-order valence-electron chi connectivity index (χ4n) is 2.77. The monoisotopic (exact) mass is 428 g/mol. The largest absolute Gasteiger partial charge is 0.354 e. The molecule has 2 rings (SSSR count). The summed E-state index contributed by atoms with van der Waals surface area (Å²) >= 11 is 12.0. The minimum absolute atomic E-state index is 0.224. The zero-order valence-corrected chi connectivity index (χ0v) is 17.5. The van der Waals surface area contributed by atoms with Gasteiger partial charge in [-0.3, -0.25) is 9.10 Å². The minimum Gasteiger partial charge on any atom is -0.354 e. The zero-order chi connectivity index (χ0) is 20.0. The Hall–Kier alpha value is -1.76. The van der Waals surface area contributed by atoms with Gasteiger partial charge in [-0.05, 0) is 36.6 Å². The molecule has 0 saturated carbocycles. The first-order valence-corrected chi connectivity index (χ1v) is 11.1. The Kier molecular flexibility index (Phi) is 7.53. The highest BCUT2D eigenvalue weighted by Crippen LogP contribution is 2.30. The van der Waals surface area contributed by atoms with Crippen LogP contribution >= 0.6 is 23.2 Å². The average Bonchev–Trinajstić information content (AvgIpc) is 2.62. The molecule has 0 spiro atoms. The molecular formula is C19H22Cl2N2O3S. The van der Waals surface area contributed by atoms with Crippen molar-refractivity contribution in [3.8, 4) is 0 Å². The summed E-state index contributed by atoms with van der Waals surface area (Å²) in [7, 11) is -3.71. The van der Waals surface area contributed by atoms with Gasteiger partial charge in [-0.15, -0.1) is 0 Å². The second-order valence-corrected chi connectivity index (χ2v) is 8.78. The van der Waals surface area contributed by atoms with Crippen molar-refractivity contribution >= 4 is 44.8 Å². The molecule has 2 aromatic carbocycles. The number of nitrogens with zero attached hydrogens (tertiary/aromatic N) is 1. The van der Waals surface area contributed by atoms with Gasteiger partial charge in [0.1, 0.15) is 6.04 Å². The normalized spacial score (nSPS) is 12.4. The number of carbonyl (C=O) groups excluding carboxylic acids is 1. The Morgan fingerprint density at radius 3 is 2.33 bits per heavy atom. The van der Waals surface area contributed by atoms with Crippen LogP contribution in [0.2, 0.25) is 10.0 Å². The van der Waals surface area contributed by atoms with Crippen LogP contribution in [0.5, 0.6) is 0 Å². The third kappa shape index (κ3) is 5.86. The van der Waals surface area contributed by atoms with Crippen molar-refractivity contribution in [2.75, 3.05) is 17.1 Å². The van der Waals surface area contributed by atoms with Gasteiger partial charge in [-0.1, -0.05) is 60.5 Å². The van der Waals surface area contributed by atoms with E-state index in [9.17, 15) is 13.2 Å². The summed E-state index contributed by atoms with van der Waals surface area (Å²) in [6.07, 6.45) is 2.04. The van der Waals surface area contributed by atoms with Crippen molar-refractivity contribution in [2.45, 2.75) is 25.8 Å². The van der Waals surface area contributed by atoms with Gasteiger partial charge >= 0.3 is 0 Å². The molecule has 0 unspecified atom stereocenters. The van der Waals surface area contributed by atoms with E-state index in [0.29, 0.717) is 30.1 Å². The molecule has 0 fully saturated rings. The zero-order valence-electron chi connectivity index (χ0n) is 15.2. The number of carbonyl (C=O) groups is 1. The topological polar surface area (TPSA) is 66.5 Å². The van der Waals surface area contributed by atoms with Crippen LogP contribution in [0, 0.1) is 0 Å². The third-order valence-corrected chi connectivity index (χ3v) is 5.96. The summed E-state index contributed by atoms with van der Waals surface area (Å²) in [4.78, 5) is 12.7. The Labute approximate surface area is 170 Å². The average molecular weight is 429 g/mol. The molecule has 1 atom stereocenters. The lowest BCUT2D eigenvalue weighted by Crippen LogP contribution is -2.49. The van der Waals surface area contributed by atoms with E-state index in [1.807, 2.05) is 30.3 Å².